The van der Waals surface area contributed by atoms with Crippen molar-refractivity contribution in [1.29, 1.82) is 0 Å². The van der Waals surface area contributed by atoms with Crippen molar-refractivity contribution < 1.29 is 19.4 Å². The summed E-state index contributed by atoms with van der Waals surface area (Å²) in [6.07, 6.45) is 7.67. The van der Waals surface area contributed by atoms with E-state index in [0.717, 1.165) is 71.1 Å². The molecule has 2 fully saturated rings. The molecule has 2 aliphatic rings. The van der Waals surface area contributed by atoms with Crippen LogP contribution in [0.4, 0.5) is 4.79 Å². The number of hydrogen-bond acceptors (Lipinski definition) is 5. The van der Waals surface area contributed by atoms with E-state index in [1.165, 1.54) is 0 Å². The molecule has 2 unspecified atom stereocenters. The fraction of sp³-hybridized carbons (Fsp3) is 0.552. The van der Waals surface area contributed by atoms with Gasteiger partial charge in [-0.1, -0.05) is 36.8 Å². The first-order chi connectivity index (χ1) is 17.6. The maximum Gasteiger partial charge on any atom is 0.317 e. The first-order valence-corrected chi connectivity index (χ1v) is 13.4. The highest BCUT2D eigenvalue weighted by atomic mass is 16.6. The second-order valence-electron chi connectivity index (χ2n) is 10.1. The predicted octanol–water partition coefficient (Wildman–Crippen LogP) is 5.00. The Labute approximate surface area is 215 Å². The van der Waals surface area contributed by atoms with Crippen LogP contribution >= 0.6 is 0 Å². The van der Waals surface area contributed by atoms with Gasteiger partial charge in [0.2, 0.25) is 0 Å². The molecule has 2 aliphatic heterocycles. The van der Waals surface area contributed by atoms with Gasteiger partial charge in [0.1, 0.15) is 11.5 Å². The molecule has 0 saturated carbocycles. The number of amides is 2. The van der Waals surface area contributed by atoms with Gasteiger partial charge in [0, 0.05) is 39.2 Å². The number of aliphatic hydroxyl groups is 1. The lowest BCUT2D eigenvalue weighted by Crippen LogP contribution is -2.52. The van der Waals surface area contributed by atoms with Crippen molar-refractivity contribution in [3.8, 4) is 11.5 Å². The number of urea groups is 1. The van der Waals surface area contributed by atoms with E-state index in [-0.39, 0.29) is 12.1 Å². The van der Waals surface area contributed by atoms with Crippen molar-refractivity contribution in [1.82, 2.24) is 15.5 Å². The summed E-state index contributed by atoms with van der Waals surface area (Å²) in [4.78, 5) is 14.7. The van der Waals surface area contributed by atoms with Crippen molar-refractivity contribution in [2.45, 2.75) is 63.2 Å². The lowest BCUT2D eigenvalue weighted by molar-refractivity contribution is -0.200. The van der Waals surface area contributed by atoms with E-state index in [0.29, 0.717) is 29.4 Å². The summed E-state index contributed by atoms with van der Waals surface area (Å²) < 4.78 is 11.7. The monoisotopic (exact) mass is 495 g/mol. The van der Waals surface area contributed by atoms with Crippen LogP contribution in [0, 0.1) is 5.92 Å². The summed E-state index contributed by atoms with van der Waals surface area (Å²) in [6.45, 7) is 3.56. The summed E-state index contributed by atoms with van der Waals surface area (Å²) in [6, 6.07) is 17.4. The third kappa shape index (κ3) is 7.21. The zero-order valence-corrected chi connectivity index (χ0v) is 21.5. The molecule has 0 radical (unpaired) electrons. The molecular formula is C29H41N3O4. The van der Waals surface area contributed by atoms with Gasteiger partial charge in [-0.05, 0) is 75.3 Å². The van der Waals surface area contributed by atoms with Gasteiger partial charge >= 0.3 is 6.03 Å². The highest BCUT2D eigenvalue weighted by Gasteiger charge is 2.32. The quantitative estimate of drug-likeness (QED) is 0.319. The smallest absolute Gasteiger partial charge is 0.317 e. The summed E-state index contributed by atoms with van der Waals surface area (Å²) in [5, 5.41) is 18.0. The predicted molar refractivity (Wildman–Crippen MR) is 141 cm³/mol. The Morgan fingerprint density at radius 2 is 1.92 bits per heavy atom. The lowest BCUT2D eigenvalue weighted by Gasteiger charge is -2.35. The number of carbonyl (C=O) groups excluding carboxylic acids is 1. The molecule has 4 rings (SSSR count). The molecule has 36 heavy (non-hydrogen) atoms. The Morgan fingerprint density at radius 3 is 2.69 bits per heavy atom. The fourth-order valence-corrected chi connectivity index (χ4v) is 5.36. The molecule has 0 bridgehead atoms. The van der Waals surface area contributed by atoms with Crippen molar-refractivity contribution in [2.75, 3.05) is 33.3 Å². The Hall–Kier alpha value is -2.61. The van der Waals surface area contributed by atoms with Crippen molar-refractivity contribution in [3.63, 3.8) is 0 Å². The molecular weight excluding hydrogens is 454 g/mol. The zero-order chi connectivity index (χ0) is 25.2. The van der Waals surface area contributed by atoms with Gasteiger partial charge in [-0.3, -0.25) is 0 Å². The van der Waals surface area contributed by atoms with Gasteiger partial charge in [-0.2, -0.15) is 0 Å². The van der Waals surface area contributed by atoms with Crippen LogP contribution in [0.1, 0.15) is 56.9 Å². The Kier molecular flexibility index (Phi) is 9.61. The number of carbonyl (C=O) groups is 1. The third-order valence-electron chi connectivity index (χ3n) is 7.43. The number of unbranched alkanes of at least 4 members (excludes halogenated alkanes) is 1. The van der Waals surface area contributed by atoms with E-state index < -0.39 is 5.79 Å². The van der Waals surface area contributed by atoms with Gasteiger partial charge in [0.05, 0.1) is 5.56 Å². The van der Waals surface area contributed by atoms with Crippen LogP contribution in [0.15, 0.2) is 54.6 Å². The van der Waals surface area contributed by atoms with E-state index in [2.05, 4.69) is 10.6 Å². The highest BCUT2D eigenvalue weighted by Crippen LogP contribution is 2.37. The van der Waals surface area contributed by atoms with Crippen LogP contribution < -0.4 is 15.4 Å². The van der Waals surface area contributed by atoms with E-state index >= 15 is 0 Å². The number of methoxy groups -OCH3 is 1. The van der Waals surface area contributed by atoms with Crippen LogP contribution in [-0.2, 0) is 10.5 Å². The molecule has 2 saturated heterocycles. The molecule has 0 spiro atoms. The fourth-order valence-electron chi connectivity index (χ4n) is 5.36. The van der Waals surface area contributed by atoms with Crippen molar-refractivity contribution in [3.05, 3.63) is 60.2 Å². The van der Waals surface area contributed by atoms with Crippen LogP contribution in [0.25, 0.3) is 0 Å². The molecule has 2 heterocycles. The van der Waals surface area contributed by atoms with Gasteiger partial charge < -0.3 is 30.1 Å². The second-order valence-corrected chi connectivity index (χ2v) is 10.1. The van der Waals surface area contributed by atoms with Crippen molar-refractivity contribution in [2.24, 2.45) is 5.92 Å². The number of para-hydroxylation sites is 2. The summed E-state index contributed by atoms with van der Waals surface area (Å²) in [7, 11) is 1.54. The normalized spacial score (nSPS) is 22.0. The molecule has 7 nitrogen and oxygen atoms in total. The molecule has 7 heteroatoms. The number of likely N-dealkylation sites (tertiary alicyclic amines) is 1. The van der Waals surface area contributed by atoms with Gasteiger partial charge in [0.15, 0.2) is 5.79 Å². The minimum atomic E-state index is -1.42. The van der Waals surface area contributed by atoms with Crippen LogP contribution in [-0.4, -0.2) is 55.4 Å². The molecule has 3 atom stereocenters. The number of hydrogen-bond donors (Lipinski definition) is 3. The molecule has 0 aliphatic carbocycles. The minimum absolute atomic E-state index is 0.0807. The van der Waals surface area contributed by atoms with E-state index in [1.807, 2.05) is 59.5 Å². The Morgan fingerprint density at radius 1 is 1.11 bits per heavy atom. The number of nitrogens with one attached hydrogen (secondary N) is 2. The van der Waals surface area contributed by atoms with E-state index in [1.54, 1.807) is 7.11 Å². The topological polar surface area (TPSA) is 83.1 Å². The van der Waals surface area contributed by atoms with Crippen molar-refractivity contribution >= 4 is 6.03 Å². The molecule has 196 valence electrons. The summed E-state index contributed by atoms with van der Waals surface area (Å²) >= 11 is 0. The van der Waals surface area contributed by atoms with Crippen LogP contribution in [0.3, 0.4) is 0 Å². The summed E-state index contributed by atoms with van der Waals surface area (Å²) in [5.41, 5.74) is 0.633. The third-order valence-corrected chi connectivity index (χ3v) is 7.43. The average Bonchev–Trinajstić information content (AvgIpc) is 2.92. The molecule has 0 aromatic heterocycles. The minimum Gasteiger partial charge on any atom is -0.457 e. The number of nitrogens with zero attached hydrogens (tertiary/aromatic N) is 1. The maximum absolute atomic E-state index is 12.8. The lowest BCUT2D eigenvalue weighted by atomic mass is 9.91. The van der Waals surface area contributed by atoms with Gasteiger partial charge in [-0.25, -0.2) is 4.79 Å². The van der Waals surface area contributed by atoms with Gasteiger partial charge in [-0.15, -0.1) is 0 Å². The number of rotatable bonds is 10. The van der Waals surface area contributed by atoms with E-state index in [4.69, 9.17) is 9.47 Å². The van der Waals surface area contributed by atoms with Gasteiger partial charge in [0.25, 0.3) is 0 Å². The first-order valence-electron chi connectivity index (χ1n) is 13.4. The van der Waals surface area contributed by atoms with Crippen LogP contribution in [0.5, 0.6) is 11.5 Å². The largest absolute Gasteiger partial charge is 0.457 e. The molecule has 2 aromatic carbocycles. The Bertz CT molecular complexity index is 951. The number of piperidine rings is 2. The molecule has 3 N–H and O–H groups in total. The highest BCUT2D eigenvalue weighted by molar-refractivity contribution is 5.74. The number of benzene rings is 2. The second kappa shape index (κ2) is 13.1. The average molecular weight is 496 g/mol. The van der Waals surface area contributed by atoms with Crippen LogP contribution in [0.2, 0.25) is 0 Å². The van der Waals surface area contributed by atoms with E-state index in [9.17, 15) is 9.90 Å². The number of ether oxygens (including phenoxy) is 2. The maximum atomic E-state index is 12.8. The summed E-state index contributed by atoms with van der Waals surface area (Å²) in [5.74, 6) is 0.389. The molecule has 2 amide bonds. The molecule has 2 aromatic rings. The Balaban J connectivity index is 1.26. The standard InChI is InChI=1S/C29H41N3O4/c1-35-29(34,26-16-5-6-17-27(26)36-25-14-3-2-4-15-25)18-8-7-11-23-12-10-20-32(22-23)28(33)31-24-13-9-19-30-21-24/h2-6,14-17,23-24,30,34H,7-13,18-22H2,1H3,(H,31,33)/t23-,24?,29?/m1/s1. The SMILES string of the molecule is COC(O)(CCCC[C@@H]1CCCN(C(=O)NC2CCCNC2)C1)c1ccccc1Oc1ccccc1. The first kappa shape index (κ1) is 26.5. The zero-order valence-electron chi connectivity index (χ0n) is 21.5.